The summed E-state index contributed by atoms with van der Waals surface area (Å²) < 4.78 is 26.9. The van der Waals surface area contributed by atoms with Crippen molar-refractivity contribution in [3.8, 4) is 0 Å². The topological polar surface area (TPSA) is 52.0 Å². The second-order valence-electron chi connectivity index (χ2n) is 3.65. The SMILES string of the molecule is NCCCC[C@@H](N)c1c(F)ccc(Cl)c1F. The van der Waals surface area contributed by atoms with Gasteiger partial charge < -0.3 is 11.5 Å². The minimum Gasteiger partial charge on any atom is -0.330 e. The van der Waals surface area contributed by atoms with Gasteiger partial charge in [0.25, 0.3) is 0 Å². The number of nitrogens with two attached hydrogens (primary N) is 2. The lowest BCUT2D eigenvalue weighted by atomic mass is 10.0. The maximum absolute atomic E-state index is 13.5. The Morgan fingerprint density at radius 2 is 1.94 bits per heavy atom. The van der Waals surface area contributed by atoms with Gasteiger partial charge in [-0.3, -0.25) is 0 Å². The fourth-order valence-corrected chi connectivity index (χ4v) is 1.70. The lowest BCUT2D eigenvalue weighted by molar-refractivity contribution is 0.500. The molecule has 0 saturated heterocycles. The Hall–Kier alpha value is -0.710. The first-order valence-corrected chi connectivity index (χ1v) is 5.54. The van der Waals surface area contributed by atoms with Gasteiger partial charge in [0.15, 0.2) is 0 Å². The molecule has 0 bridgehead atoms. The molecule has 1 rings (SSSR count). The van der Waals surface area contributed by atoms with E-state index in [1.807, 2.05) is 0 Å². The van der Waals surface area contributed by atoms with Crippen LogP contribution in [-0.4, -0.2) is 6.54 Å². The largest absolute Gasteiger partial charge is 0.330 e. The molecular weight excluding hydrogens is 234 g/mol. The van der Waals surface area contributed by atoms with Crippen molar-refractivity contribution in [1.29, 1.82) is 0 Å². The van der Waals surface area contributed by atoms with Gasteiger partial charge >= 0.3 is 0 Å². The third kappa shape index (κ3) is 3.14. The van der Waals surface area contributed by atoms with Crippen molar-refractivity contribution >= 4 is 11.6 Å². The Balaban J connectivity index is 2.81. The third-order valence-electron chi connectivity index (χ3n) is 2.42. The normalized spacial score (nSPS) is 12.8. The molecule has 1 aromatic rings. The third-order valence-corrected chi connectivity index (χ3v) is 2.71. The second kappa shape index (κ2) is 6.13. The van der Waals surface area contributed by atoms with Gasteiger partial charge in [-0.2, -0.15) is 0 Å². The molecule has 0 radical (unpaired) electrons. The molecule has 0 aliphatic heterocycles. The van der Waals surface area contributed by atoms with Crippen molar-refractivity contribution in [2.45, 2.75) is 25.3 Å². The van der Waals surface area contributed by atoms with E-state index in [1.165, 1.54) is 6.07 Å². The average molecular weight is 249 g/mol. The molecule has 0 unspecified atom stereocenters. The van der Waals surface area contributed by atoms with Gasteiger partial charge in [-0.25, -0.2) is 8.78 Å². The van der Waals surface area contributed by atoms with Crippen LogP contribution in [0.4, 0.5) is 8.78 Å². The Bertz CT molecular complexity index is 358. The number of hydrogen-bond donors (Lipinski definition) is 2. The minimum absolute atomic E-state index is 0.106. The molecule has 0 aliphatic rings. The van der Waals surface area contributed by atoms with Crippen molar-refractivity contribution in [3.63, 3.8) is 0 Å². The molecule has 0 amide bonds. The van der Waals surface area contributed by atoms with Crippen LogP contribution in [0.2, 0.25) is 5.02 Å². The lowest BCUT2D eigenvalue weighted by Crippen LogP contribution is -2.15. The maximum atomic E-state index is 13.5. The fraction of sp³-hybridized carbons (Fsp3) is 0.455. The number of halogens is 3. The highest BCUT2D eigenvalue weighted by Crippen LogP contribution is 2.27. The zero-order chi connectivity index (χ0) is 12.1. The zero-order valence-corrected chi connectivity index (χ0v) is 9.61. The number of hydrogen-bond acceptors (Lipinski definition) is 2. The molecule has 0 aliphatic carbocycles. The molecule has 0 spiro atoms. The summed E-state index contributed by atoms with van der Waals surface area (Å²) in [7, 11) is 0. The fourth-order valence-electron chi connectivity index (χ4n) is 1.54. The number of unbranched alkanes of at least 4 members (excludes halogenated alkanes) is 1. The average Bonchev–Trinajstić information content (AvgIpc) is 2.24. The van der Waals surface area contributed by atoms with Crippen molar-refractivity contribution in [1.82, 2.24) is 0 Å². The smallest absolute Gasteiger partial charge is 0.149 e. The van der Waals surface area contributed by atoms with Gasteiger partial charge in [-0.1, -0.05) is 18.0 Å². The summed E-state index contributed by atoms with van der Waals surface area (Å²) in [5.74, 6) is -1.41. The second-order valence-corrected chi connectivity index (χ2v) is 4.06. The molecule has 0 fully saturated rings. The van der Waals surface area contributed by atoms with Crippen LogP contribution in [0, 0.1) is 11.6 Å². The molecule has 16 heavy (non-hydrogen) atoms. The van der Waals surface area contributed by atoms with E-state index in [0.717, 1.165) is 18.9 Å². The van der Waals surface area contributed by atoms with Crippen molar-refractivity contribution in [2.24, 2.45) is 11.5 Å². The van der Waals surface area contributed by atoms with Crippen LogP contribution in [0.5, 0.6) is 0 Å². The van der Waals surface area contributed by atoms with Crippen molar-refractivity contribution in [3.05, 3.63) is 34.4 Å². The molecule has 0 aromatic heterocycles. The molecule has 1 aromatic carbocycles. The molecule has 2 nitrogen and oxygen atoms in total. The van der Waals surface area contributed by atoms with Crippen LogP contribution < -0.4 is 11.5 Å². The molecule has 4 N–H and O–H groups in total. The maximum Gasteiger partial charge on any atom is 0.149 e. The Morgan fingerprint density at radius 3 is 2.56 bits per heavy atom. The van der Waals surface area contributed by atoms with Crippen LogP contribution in [0.15, 0.2) is 12.1 Å². The van der Waals surface area contributed by atoms with Gasteiger partial charge in [0.1, 0.15) is 11.6 Å². The summed E-state index contributed by atoms with van der Waals surface area (Å²) in [6, 6.07) is 1.64. The monoisotopic (exact) mass is 248 g/mol. The van der Waals surface area contributed by atoms with Gasteiger partial charge in [-0.05, 0) is 31.5 Å². The first-order chi connectivity index (χ1) is 7.57. The van der Waals surface area contributed by atoms with Gasteiger partial charge in [0.05, 0.1) is 5.02 Å². The Labute approximate surface area is 98.6 Å². The summed E-state index contributed by atoms with van der Waals surface area (Å²) >= 11 is 5.57. The van der Waals surface area contributed by atoms with Gasteiger partial charge in [-0.15, -0.1) is 0 Å². The first kappa shape index (κ1) is 13.4. The molecule has 90 valence electrons. The van der Waals surface area contributed by atoms with Crippen LogP contribution in [-0.2, 0) is 0 Å². The molecule has 0 saturated carbocycles. The quantitative estimate of drug-likeness (QED) is 0.622. The van der Waals surface area contributed by atoms with E-state index in [0.29, 0.717) is 13.0 Å². The van der Waals surface area contributed by atoms with E-state index in [9.17, 15) is 8.78 Å². The summed E-state index contributed by atoms with van der Waals surface area (Å²) in [5, 5.41) is -0.106. The van der Waals surface area contributed by atoms with Crippen molar-refractivity contribution in [2.75, 3.05) is 6.54 Å². The van der Waals surface area contributed by atoms with Crippen LogP contribution in [0.25, 0.3) is 0 Å². The van der Waals surface area contributed by atoms with Gasteiger partial charge in [0, 0.05) is 11.6 Å². The highest BCUT2D eigenvalue weighted by molar-refractivity contribution is 6.30. The molecule has 1 atom stereocenters. The molecular formula is C11H15ClF2N2. The summed E-state index contributed by atoms with van der Waals surface area (Å²) in [6.45, 7) is 0.549. The summed E-state index contributed by atoms with van der Waals surface area (Å²) in [5.41, 5.74) is 10.9. The van der Waals surface area contributed by atoms with Gasteiger partial charge in [0.2, 0.25) is 0 Å². The van der Waals surface area contributed by atoms with Crippen LogP contribution in [0.1, 0.15) is 30.9 Å². The Kier molecular flexibility index (Phi) is 5.12. The highest BCUT2D eigenvalue weighted by Gasteiger charge is 2.18. The van der Waals surface area contributed by atoms with Crippen LogP contribution in [0.3, 0.4) is 0 Å². The van der Waals surface area contributed by atoms with E-state index in [-0.39, 0.29) is 10.6 Å². The van der Waals surface area contributed by atoms with Crippen molar-refractivity contribution < 1.29 is 8.78 Å². The van der Waals surface area contributed by atoms with E-state index in [4.69, 9.17) is 23.1 Å². The first-order valence-electron chi connectivity index (χ1n) is 5.17. The van der Waals surface area contributed by atoms with Crippen LogP contribution >= 0.6 is 11.6 Å². The minimum atomic E-state index is -0.762. The van der Waals surface area contributed by atoms with E-state index in [1.54, 1.807) is 0 Å². The number of rotatable bonds is 5. The zero-order valence-electron chi connectivity index (χ0n) is 8.85. The number of benzene rings is 1. The molecule has 5 heteroatoms. The highest BCUT2D eigenvalue weighted by atomic mass is 35.5. The Morgan fingerprint density at radius 1 is 1.25 bits per heavy atom. The predicted molar refractivity (Wildman–Crippen MR) is 61.2 cm³/mol. The van der Waals surface area contributed by atoms with E-state index < -0.39 is 17.7 Å². The standard InChI is InChI=1S/C11H15ClF2N2/c12-7-4-5-8(13)10(11(7)14)9(16)3-1-2-6-15/h4-5,9H,1-3,6,15-16H2/t9-/m1/s1. The van der Waals surface area contributed by atoms with E-state index >= 15 is 0 Å². The predicted octanol–water partition coefficient (Wildman–Crippen LogP) is 2.75. The lowest BCUT2D eigenvalue weighted by Gasteiger charge is -2.14. The molecule has 0 heterocycles. The summed E-state index contributed by atoms with van der Waals surface area (Å²) in [4.78, 5) is 0. The summed E-state index contributed by atoms with van der Waals surface area (Å²) in [6.07, 6.45) is 2.02. The van der Waals surface area contributed by atoms with E-state index in [2.05, 4.69) is 0 Å².